The molecule has 3 heterocycles. The number of nitrogens with zero attached hydrogens (tertiary/aromatic N) is 2. The van der Waals surface area contributed by atoms with E-state index in [0.29, 0.717) is 20.5 Å². The molecule has 5 nitrogen and oxygen atoms in total. The Labute approximate surface area is 168 Å². The fraction of sp³-hybridized carbons (Fsp3) is 0.0455. The molecule has 0 aliphatic carbocycles. The number of rotatable bonds is 5. The monoisotopic (exact) mass is 406 g/mol. The largest absolute Gasteiger partial charge is 0.461 e. The van der Waals surface area contributed by atoms with Gasteiger partial charge in [-0.3, -0.25) is 19.1 Å². The quantitative estimate of drug-likeness (QED) is 0.478. The Morgan fingerprint density at radius 3 is 2.79 bits per heavy atom. The molecular formula is C22H15FN2O3S. The Bertz CT molecular complexity index is 1320. The number of Topliss-reactive ketones (excluding diaryl/α,β-unsaturated/α-hetero) is 1. The molecule has 0 N–H and O–H groups in total. The number of carbonyl (C=O) groups is 1. The molecule has 0 saturated carbocycles. The van der Waals surface area contributed by atoms with Crippen LogP contribution in [0.25, 0.3) is 12.2 Å². The van der Waals surface area contributed by atoms with Crippen molar-refractivity contribution in [3.8, 4) is 0 Å². The average molecular weight is 406 g/mol. The molecule has 0 aliphatic heterocycles. The van der Waals surface area contributed by atoms with E-state index in [-0.39, 0.29) is 29.5 Å². The van der Waals surface area contributed by atoms with E-state index in [1.54, 1.807) is 48.7 Å². The van der Waals surface area contributed by atoms with Crippen LogP contribution in [0, 0.1) is 5.82 Å². The van der Waals surface area contributed by atoms with Crippen LogP contribution in [0.4, 0.5) is 4.39 Å². The Hall–Kier alpha value is -3.58. The first-order valence-corrected chi connectivity index (χ1v) is 9.58. The van der Waals surface area contributed by atoms with Crippen LogP contribution in [0.3, 0.4) is 0 Å². The minimum Gasteiger partial charge on any atom is -0.461 e. The van der Waals surface area contributed by atoms with Crippen LogP contribution in [0.15, 0.2) is 76.3 Å². The number of thiazole rings is 1. The number of ketones is 1. The molecule has 144 valence electrons. The average Bonchev–Trinajstić information content (AvgIpc) is 3.34. The van der Waals surface area contributed by atoms with Crippen LogP contribution >= 0.6 is 11.3 Å². The molecule has 0 unspecified atom stereocenters. The summed E-state index contributed by atoms with van der Waals surface area (Å²) in [5, 5.41) is 0. The number of furan rings is 1. The summed E-state index contributed by atoms with van der Waals surface area (Å²) in [5.74, 6) is -0.560. The van der Waals surface area contributed by atoms with Gasteiger partial charge >= 0.3 is 0 Å². The SMILES string of the molecule is O=C(/C=c1\s/c(=C/c2ccccn2)c(=O)n1Cc1cccc(F)c1)c1ccco1. The van der Waals surface area contributed by atoms with Gasteiger partial charge in [0.25, 0.3) is 5.56 Å². The summed E-state index contributed by atoms with van der Waals surface area (Å²) < 4.78 is 21.1. The van der Waals surface area contributed by atoms with Gasteiger partial charge in [0, 0.05) is 12.3 Å². The maximum Gasteiger partial charge on any atom is 0.269 e. The van der Waals surface area contributed by atoms with Gasteiger partial charge in [-0.15, -0.1) is 11.3 Å². The fourth-order valence-corrected chi connectivity index (χ4v) is 3.83. The molecule has 7 heteroatoms. The van der Waals surface area contributed by atoms with Crippen LogP contribution in [0.2, 0.25) is 0 Å². The fourth-order valence-electron chi connectivity index (χ4n) is 2.81. The van der Waals surface area contributed by atoms with Gasteiger partial charge < -0.3 is 4.42 Å². The number of pyridine rings is 1. The van der Waals surface area contributed by atoms with Gasteiger partial charge in [-0.1, -0.05) is 18.2 Å². The predicted molar refractivity (Wildman–Crippen MR) is 109 cm³/mol. The molecule has 0 spiro atoms. The van der Waals surface area contributed by atoms with Crippen molar-refractivity contribution < 1.29 is 13.6 Å². The van der Waals surface area contributed by atoms with Gasteiger partial charge in [-0.05, 0) is 48.0 Å². The highest BCUT2D eigenvalue weighted by Gasteiger charge is 2.10. The molecule has 4 rings (SSSR count). The zero-order valence-electron chi connectivity index (χ0n) is 15.1. The summed E-state index contributed by atoms with van der Waals surface area (Å²) in [6, 6.07) is 14.6. The summed E-state index contributed by atoms with van der Waals surface area (Å²) in [6.45, 7) is 0.139. The van der Waals surface area contributed by atoms with Gasteiger partial charge in [0.1, 0.15) is 10.5 Å². The molecule has 0 radical (unpaired) electrons. The van der Waals surface area contributed by atoms with Crippen molar-refractivity contribution in [1.29, 1.82) is 0 Å². The number of halogens is 1. The topological polar surface area (TPSA) is 65.1 Å². The summed E-state index contributed by atoms with van der Waals surface area (Å²) >= 11 is 1.17. The highest BCUT2D eigenvalue weighted by Crippen LogP contribution is 2.05. The molecule has 1 aromatic carbocycles. The Morgan fingerprint density at radius 1 is 1.17 bits per heavy atom. The molecule has 0 amide bonds. The zero-order chi connectivity index (χ0) is 20.2. The molecule has 4 aromatic rings. The third-order valence-electron chi connectivity index (χ3n) is 4.15. The Balaban J connectivity index is 1.86. The van der Waals surface area contributed by atoms with Gasteiger partial charge in [0.2, 0.25) is 5.78 Å². The van der Waals surface area contributed by atoms with E-state index in [0.717, 1.165) is 0 Å². The molecule has 0 aliphatic rings. The normalized spacial score (nSPS) is 12.4. The first-order chi connectivity index (χ1) is 14.1. The van der Waals surface area contributed by atoms with Crippen molar-refractivity contribution in [3.63, 3.8) is 0 Å². The van der Waals surface area contributed by atoms with Crippen LogP contribution in [-0.4, -0.2) is 15.3 Å². The van der Waals surface area contributed by atoms with Crippen LogP contribution in [0.1, 0.15) is 21.8 Å². The first kappa shape index (κ1) is 18.8. The molecule has 0 fully saturated rings. The number of carbonyl (C=O) groups excluding carboxylic acids is 1. The van der Waals surface area contributed by atoms with E-state index >= 15 is 0 Å². The van der Waals surface area contributed by atoms with Gasteiger partial charge in [0.05, 0.1) is 23.0 Å². The lowest BCUT2D eigenvalue weighted by Gasteiger charge is -2.03. The van der Waals surface area contributed by atoms with Crippen molar-refractivity contribution in [3.05, 3.63) is 109 Å². The van der Waals surface area contributed by atoms with E-state index < -0.39 is 0 Å². The lowest BCUT2D eigenvalue weighted by molar-refractivity contribution is 0.103. The summed E-state index contributed by atoms with van der Waals surface area (Å²) in [5.41, 5.74) is 0.977. The smallest absolute Gasteiger partial charge is 0.269 e. The second kappa shape index (κ2) is 8.20. The summed E-state index contributed by atoms with van der Waals surface area (Å²) in [6.07, 6.45) is 6.08. The molecule has 0 bridgehead atoms. The number of hydrogen-bond donors (Lipinski definition) is 0. The highest BCUT2D eigenvalue weighted by atomic mass is 32.1. The third-order valence-corrected chi connectivity index (χ3v) is 5.21. The Kier molecular flexibility index (Phi) is 5.31. The van der Waals surface area contributed by atoms with Gasteiger partial charge in [-0.25, -0.2) is 4.39 Å². The van der Waals surface area contributed by atoms with E-state index in [2.05, 4.69) is 4.98 Å². The second-order valence-electron chi connectivity index (χ2n) is 6.21. The molecule has 29 heavy (non-hydrogen) atoms. The molecule has 3 aromatic heterocycles. The number of aromatic nitrogens is 2. The zero-order valence-corrected chi connectivity index (χ0v) is 15.9. The standard InChI is InChI=1S/C22H15FN2O3S/c23-16-6-3-5-15(11-16)14-25-21(13-18(26)19-8-4-10-28-19)29-20(22(25)27)12-17-7-1-2-9-24-17/h1-13H,14H2/b20-12+,21-13-. The number of hydrogen-bond acceptors (Lipinski definition) is 5. The summed E-state index contributed by atoms with van der Waals surface area (Å²) in [4.78, 5) is 29.7. The van der Waals surface area contributed by atoms with E-state index in [1.807, 2.05) is 6.07 Å². The molecule has 0 saturated heterocycles. The highest BCUT2D eigenvalue weighted by molar-refractivity contribution is 7.07. The summed E-state index contributed by atoms with van der Waals surface area (Å²) in [7, 11) is 0. The van der Waals surface area contributed by atoms with Crippen LogP contribution < -0.4 is 14.8 Å². The lowest BCUT2D eigenvalue weighted by atomic mass is 10.2. The van der Waals surface area contributed by atoms with E-state index in [9.17, 15) is 14.0 Å². The van der Waals surface area contributed by atoms with Crippen molar-refractivity contribution in [2.75, 3.05) is 0 Å². The van der Waals surface area contributed by atoms with Crippen molar-refractivity contribution in [2.24, 2.45) is 0 Å². The lowest BCUT2D eigenvalue weighted by Crippen LogP contribution is -2.32. The predicted octanol–water partition coefficient (Wildman–Crippen LogP) is 2.58. The second-order valence-corrected chi connectivity index (χ2v) is 7.27. The molecular weight excluding hydrogens is 391 g/mol. The maximum absolute atomic E-state index is 13.6. The molecule has 0 atom stereocenters. The van der Waals surface area contributed by atoms with Crippen LogP contribution in [-0.2, 0) is 6.54 Å². The van der Waals surface area contributed by atoms with E-state index in [1.165, 1.54) is 40.4 Å². The van der Waals surface area contributed by atoms with Crippen molar-refractivity contribution in [2.45, 2.75) is 6.54 Å². The minimum atomic E-state index is -0.386. The van der Waals surface area contributed by atoms with Crippen LogP contribution in [0.5, 0.6) is 0 Å². The van der Waals surface area contributed by atoms with Gasteiger partial charge in [-0.2, -0.15) is 0 Å². The van der Waals surface area contributed by atoms with E-state index in [4.69, 9.17) is 4.42 Å². The maximum atomic E-state index is 13.6. The third kappa shape index (κ3) is 4.30. The Morgan fingerprint density at radius 2 is 2.07 bits per heavy atom. The van der Waals surface area contributed by atoms with Gasteiger partial charge in [0.15, 0.2) is 5.76 Å². The van der Waals surface area contributed by atoms with Crippen molar-refractivity contribution in [1.82, 2.24) is 9.55 Å². The first-order valence-electron chi connectivity index (χ1n) is 8.76. The van der Waals surface area contributed by atoms with Crippen molar-refractivity contribution >= 4 is 29.3 Å². The minimum absolute atomic E-state index is 0.139. The number of benzene rings is 1.